The maximum atomic E-state index is 4.29. The van der Waals surface area contributed by atoms with Crippen molar-refractivity contribution in [2.24, 2.45) is 0 Å². The SMILES string of the molecule is C=CCn1ccnc1Nc1ccc(C(C)C)cc1. The summed E-state index contributed by atoms with van der Waals surface area (Å²) in [6.07, 6.45) is 5.58. The molecule has 0 bridgehead atoms. The number of allylic oxidation sites excluding steroid dienone is 1. The van der Waals surface area contributed by atoms with Gasteiger partial charge in [-0.2, -0.15) is 0 Å². The third-order valence-electron chi connectivity index (χ3n) is 2.87. The summed E-state index contributed by atoms with van der Waals surface area (Å²) < 4.78 is 2.02. The summed E-state index contributed by atoms with van der Waals surface area (Å²) in [7, 11) is 0. The first kappa shape index (κ1) is 12.4. The minimum absolute atomic E-state index is 0.557. The van der Waals surface area contributed by atoms with Crippen LogP contribution in [0.15, 0.2) is 49.3 Å². The van der Waals surface area contributed by atoms with Crippen molar-refractivity contribution >= 4 is 11.6 Å². The Balaban J connectivity index is 2.13. The molecule has 2 rings (SSSR count). The Kier molecular flexibility index (Phi) is 3.82. The molecule has 0 atom stereocenters. The Labute approximate surface area is 108 Å². The third-order valence-corrected chi connectivity index (χ3v) is 2.87. The molecule has 0 aliphatic carbocycles. The fourth-order valence-corrected chi connectivity index (χ4v) is 1.80. The van der Waals surface area contributed by atoms with Gasteiger partial charge in [-0.25, -0.2) is 4.98 Å². The zero-order valence-electron chi connectivity index (χ0n) is 10.9. The molecule has 0 aliphatic heterocycles. The number of benzene rings is 1. The van der Waals surface area contributed by atoms with Crippen molar-refractivity contribution in [3.8, 4) is 0 Å². The van der Waals surface area contributed by atoms with E-state index in [1.807, 2.05) is 16.8 Å². The van der Waals surface area contributed by atoms with Gasteiger partial charge >= 0.3 is 0 Å². The molecule has 0 amide bonds. The topological polar surface area (TPSA) is 29.9 Å². The van der Waals surface area contributed by atoms with Gasteiger partial charge in [0.05, 0.1) is 0 Å². The maximum absolute atomic E-state index is 4.29. The van der Waals surface area contributed by atoms with Gasteiger partial charge in [-0.1, -0.05) is 32.1 Å². The summed E-state index contributed by atoms with van der Waals surface area (Å²) in [5, 5.41) is 3.31. The van der Waals surface area contributed by atoms with Gasteiger partial charge in [0.25, 0.3) is 0 Å². The highest BCUT2D eigenvalue weighted by Gasteiger charge is 2.03. The van der Waals surface area contributed by atoms with E-state index in [1.54, 1.807) is 6.20 Å². The van der Waals surface area contributed by atoms with Crippen molar-refractivity contribution in [3.05, 3.63) is 54.9 Å². The molecule has 18 heavy (non-hydrogen) atoms. The molecule has 1 aromatic heterocycles. The van der Waals surface area contributed by atoms with Crippen molar-refractivity contribution in [2.45, 2.75) is 26.3 Å². The van der Waals surface area contributed by atoms with Crippen LogP contribution in [0.4, 0.5) is 11.6 Å². The molecule has 94 valence electrons. The number of aromatic nitrogens is 2. The molecule has 0 aliphatic rings. The highest BCUT2D eigenvalue weighted by molar-refractivity contribution is 5.54. The minimum Gasteiger partial charge on any atom is -0.326 e. The molecule has 0 saturated carbocycles. The van der Waals surface area contributed by atoms with E-state index in [-0.39, 0.29) is 0 Å². The van der Waals surface area contributed by atoms with E-state index in [0.717, 1.165) is 18.2 Å². The van der Waals surface area contributed by atoms with Crippen LogP contribution in [0.25, 0.3) is 0 Å². The predicted molar refractivity (Wildman–Crippen MR) is 76.2 cm³/mol. The van der Waals surface area contributed by atoms with Crippen LogP contribution >= 0.6 is 0 Å². The van der Waals surface area contributed by atoms with Crippen molar-refractivity contribution < 1.29 is 0 Å². The van der Waals surface area contributed by atoms with Gasteiger partial charge in [-0.3, -0.25) is 0 Å². The van der Waals surface area contributed by atoms with Gasteiger partial charge in [0.2, 0.25) is 5.95 Å². The van der Waals surface area contributed by atoms with Gasteiger partial charge in [0, 0.05) is 24.6 Å². The molecule has 0 spiro atoms. The fraction of sp³-hybridized carbons (Fsp3) is 0.267. The molecule has 0 fully saturated rings. The third kappa shape index (κ3) is 2.80. The largest absolute Gasteiger partial charge is 0.326 e. The molecule has 2 aromatic rings. The van der Waals surface area contributed by atoms with Gasteiger partial charge < -0.3 is 9.88 Å². The van der Waals surface area contributed by atoms with Crippen LogP contribution in [0.1, 0.15) is 25.3 Å². The first-order valence-electron chi connectivity index (χ1n) is 6.19. The Hall–Kier alpha value is -2.03. The van der Waals surface area contributed by atoms with Crippen molar-refractivity contribution in [3.63, 3.8) is 0 Å². The van der Waals surface area contributed by atoms with Crippen molar-refractivity contribution in [1.29, 1.82) is 0 Å². The van der Waals surface area contributed by atoms with E-state index < -0.39 is 0 Å². The number of anilines is 2. The normalized spacial score (nSPS) is 10.6. The lowest BCUT2D eigenvalue weighted by molar-refractivity contribution is 0.832. The van der Waals surface area contributed by atoms with E-state index in [9.17, 15) is 0 Å². The summed E-state index contributed by atoms with van der Waals surface area (Å²) in [6.45, 7) is 8.88. The monoisotopic (exact) mass is 241 g/mol. The Bertz CT molecular complexity index is 509. The summed E-state index contributed by atoms with van der Waals surface area (Å²) in [5.41, 5.74) is 2.39. The average Bonchev–Trinajstić information content (AvgIpc) is 2.78. The molecule has 0 saturated heterocycles. The van der Waals surface area contributed by atoms with Crippen molar-refractivity contribution in [1.82, 2.24) is 9.55 Å². The lowest BCUT2D eigenvalue weighted by Crippen LogP contribution is -2.01. The highest BCUT2D eigenvalue weighted by atomic mass is 15.2. The lowest BCUT2D eigenvalue weighted by atomic mass is 10.0. The zero-order chi connectivity index (χ0) is 13.0. The number of rotatable bonds is 5. The van der Waals surface area contributed by atoms with E-state index in [1.165, 1.54) is 5.56 Å². The quantitative estimate of drug-likeness (QED) is 0.804. The molecule has 3 nitrogen and oxygen atoms in total. The van der Waals surface area contributed by atoms with Gasteiger partial charge in [-0.05, 0) is 23.6 Å². The summed E-state index contributed by atoms with van der Waals surface area (Å²) in [5.74, 6) is 1.40. The van der Waals surface area contributed by atoms with E-state index >= 15 is 0 Å². The minimum atomic E-state index is 0.557. The zero-order valence-corrected chi connectivity index (χ0v) is 10.9. The summed E-state index contributed by atoms with van der Waals surface area (Å²) in [4.78, 5) is 4.29. The van der Waals surface area contributed by atoms with E-state index in [4.69, 9.17) is 0 Å². The second-order valence-corrected chi connectivity index (χ2v) is 4.59. The second kappa shape index (κ2) is 5.54. The molecule has 3 heteroatoms. The van der Waals surface area contributed by atoms with E-state index in [2.05, 4.69) is 55.0 Å². The standard InChI is InChI=1S/C15H19N3/c1-4-10-18-11-9-16-15(18)17-14-7-5-13(6-8-14)12(2)3/h4-9,11-12H,1,10H2,2-3H3,(H,16,17). The van der Waals surface area contributed by atoms with Crippen LogP contribution in [0.5, 0.6) is 0 Å². The van der Waals surface area contributed by atoms with E-state index in [0.29, 0.717) is 5.92 Å². The molecule has 1 N–H and O–H groups in total. The van der Waals surface area contributed by atoms with Crippen LogP contribution < -0.4 is 5.32 Å². The molecular weight excluding hydrogens is 222 g/mol. The number of nitrogens with zero attached hydrogens (tertiary/aromatic N) is 2. The van der Waals surface area contributed by atoms with Crippen LogP contribution in [-0.4, -0.2) is 9.55 Å². The van der Waals surface area contributed by atoms with Crippen molar-refractivity contribution in [2.75, 3.05) is 5.32 Å². The first-order chi connectivity index (χ1) is 8.70. The molecular formula is C15H19N3. The maximum Gasteiger partial charge on any atom is 0.207 e. The molecule has 0 radical (unpaired) electrons. The number of hydrogen-bond acceptors (Lipinski definition) is 2. The first-order valence-corrected chi connectivity index (χ1v) is 6.19. The molecule has 1 aromatic carbocycles. The number of hydrogen-bond donors (Lipinski definition) is 1. The van der Waals surface area contributed by atoms with Gasteiger partial charge in [0.1, 0.15) is 0 Å². The average molecular weight is 241 g/mol. The Morgan fingerprint density at radius 2 is 2.06 bits per heavy atom. The van der Waals surface area contributed by atoms with Gasteiger partial charge in [0.15, 0.2) is 0 Å². The number of imidazole rings is 1. The van der Waals surface area contributed by atoms with Crippen LogP contribution in [-0.2, 0) is 6.54 Å². The molecule has 1 heterocycles. The van der Waals surface area contributed by atoms with Crippen LogP contribution in [0, 0.1) is 0 Å². The Morgan fingerprint density at radius 3 is 2.67 bits per heavy atom. The fourth-order valence-electron chi connectivity index (χ4n) is 1.80. The summed E-state index contributed by atoms with van der Waals surface area (Å²) in [6, 6.07) is 8.46. The number of nitrogens with one attached hydrogen (secondary N) is 1. The highest BCUT2D eigenvalue weighted by Crippen LogP contribution is 2.19. The van der Waals surface area contributed by atoms with Crippen LogP contribution in [0.3, 0.4) is 0 Å². The smallest absolute Gasteiger partial charge is 0.207 e. The lowest BCUT2D eigenvalue weighted by Gasteiger charge is -2.10. The second-order valence-electron chi connectivity index (χ2n) is 4.59. The van der Waals surface area contributed by atoms with Crippen LogP contribution in [0.2, 0.25) is 0 Å². The molecule has 0 unspecified atom stereocenters. The Morgan fingerprint density at radius 1 is 1.33 bits per heavy atom. The summed E-state index contributed by atoms with van der Waals surface area (Å²) >= 11 is 0. The van der Waals surface area contributed by atoms with Gasteiger partial charge in [-0.15, -0.1) is 6.58 Å². The predicted octanol–water partition coefficient (Wildman–Crippen LogP) is 3.94.